The molecule has 0 atom stereocenters. The van der Waals surface area contributed by atoms with Gasteiger partial charge in [-0.15, -0.1) is 0 Å². The maximum Gasteiger partial charge on any atom is 0.254 e. The SMILES string of the molecule is COc1cc(CCC(=O)NC(C)(C)C)on1. The van der Waals surface area contributed by atoms with Gasteiger partial charge >= 0.3 is 0 Å². The maximum absolute atomic E-state index is 11.5. The Morgan fingerprint density at radius 1 is 1.56 bits per heavy atom. The predicted octanol–water partition coefficient (Wildman–Crippen LogP) is 1.53. The molecule has 16 heavy (non-hydrogen) atoms. The number of nitrogens with one attached hydrogen (secondary N) is 1. The van der Waals surface area contributed by atoms with Crippen molar-refractivity contribution in [1.82, 2.24) is 10.5 Å². The van der Waals surface area contributed by atoms with E-state index in [1.54, 1.807) is 6.07 Å². The normalized spacial score (nSPS) is 11.2. The highest BCUT2D eigenvalue weighted by molar-refractivity contribution is 5.76. The Bertz CT molecular complexity index is 352. The van der Waals surface area contributed by atoms with Crippen LogP contribution < -0.4 is 10.1 Å². The summed E-state index contributed by atoms with van der Waals surface area (Å²) in [6.07, 6.45) is 0.911. The molecule has 0 bridgehead atoms. The standard InChI is InChI=1S/C11H18N2O3/c1-11(2,3)12-9(14)6-5-8-7-10(15-4)13-16-8/h7H,5-6H2,1-4H3,(H,12,14). The highest BCUT2D eigenvalue weighted by Crippen LogP contribution is 2.12. The number of nitrogens with zero attached hydrogens (tertiary/aromatic N) is 1. The van der Waals surface area contributed by atoms with E-state index in [2.05, 4.69) is 10.5 Å². The highest BCUT2D eigenvalue weighted by Gasteiger charge is 2.14. The average Bonchev–Trinajstić information content (AvgIpc) is 2.59. The minimum atomic E-state index is -0.198. The molecule has 1 aromatic rings. The molecule has 0 aromatic carbocycles. The topological polar surface area (TPSA) is 64.4 Å². The van der Waals surface area contributed by atoms with Gasteiger partial charge in [-0.05, 0) is 25.9 Å². The van der Waals surface area contributed by atoms with E-state index in [0.29, 0.717) is 24.5 Å². The fraction of sp³-hybridized carbons (Fsp3) is 0.636. The lowest BCUT2D eigenvalue weighted by Crippen LogP contribution is -2.40. The van der Waals surface area contributed by atoms with Crippen LogP contribution in [0.2, 0.25) is 0 Å². The van der Waals surface area contributed by atoms with Gasteiger partial charge in [0.25, 0.3) is 5.88 Å². The van der Waals surface area contributed by atoms with Crippen LogP contribution in [0, 0.1) is 0 Å². The third kappa shape index (κ3) is 4.33. The summed E-state index contributed by atoms with van der Waals surface area (Å²) in [6.45, 7) is 5.84. The van der Waals surface area contributed by atoms with Gasteiger partial charge in [-0.2, -0.15) is 0 Å². The summed E-state index contributed by atoms with van der Waals surface area (Å²) in [4.78, 5) is 11.5. The molecule has 0 fully saturated rings. The fourth-order valence-electron chi connectivity index (χ4n) is 1.23. The molecule has 0 unspecified atom stereocenters. The van der Waals surface area contributed by atoms with Crippen molar-refractivity contribution < 1.29 is 14.1 Å². The van der Waals surface area contributed by atoms with Crippen LogP contribution in [-0.4, -0.2) is 23.7 Å². The zero-order valence-electron chi connectivity index (χ0n) is 10.2. The fourth-order valence-corrected chi connectivity index (χ4v) is 1.23. The highest BCUT2D eigenvalue weighted by atomic mass is 16.5. The summed E-state index contributed by atoms with van der Waals surface area (Å²) in [7, 11) is 1.52. The molecule has 5 nitrogen and oxygen atoms in total. The number of rotatable bonds is 4. The lowest BCUT2D eigenvalue weighted by molar-refractivity contribution is -0.122. The molecule has 5 heteroatoms. The van der Waals surface area contributed by atoms with E-state index in [1.807, 2.05) is 20.8 Å². The van der Waals surface area contributed by atoms with Crippen LogP contribution in [0.5, 0.6) is 5.88 Å². The summed E-state index contributed by atoms with van der Waals surface area (Å²) in [5.41, 5.74) is -0.198. The van der Waals surface area contributed by atoms with Crippen LogP contribution in [0.15, 0.2) is 10.6 Å². The summed E-state index contributed by atoms with van der Waals surface area (Å²) in [5.74, 6) is 1.09. The minimum Gasteiger partial charge on any atom is -0.479 e. The molecule has 1 heterocycles. The molecule has 1 N–H and O–H groups in total. The molecule has 1 amide bonds. The van der Waals surface area contributed by atoms with E-state index in [4.69, 9.17) is 9.26 Å². The van der Waals surface area contributed by atoms with E-state index in [9.17, 15) is 4.79 Å². The Morgan fingerprint density at radius 2 is 2.25 bits per heavy atom. The number of methoxy groups -OCH3 is 1. The first-order valence-electron chi connectivity index (χ1n) is 5.21. The molecule has 0 saturated carbocycles. The summed E-state index contributed by atoms with van der Waals surface area (Å²) < 4.78 is 9.86. The van der Waals surface area contributed by atoms with Crippen molar-refractivity contribution in [2.24, 2.45) is 0 Å². The van der Waals surface area contributed by atoms with Gasteiger partial charge in [-0.3, -0.25) is 4.79 Å². The molecular weight excluding hydrogens is 208 g/mol. The molecular formula is C11H18N2O3. The van der Waals surface area contributed by atoms with Gasteiger partial charge in [0.1, 0.15) is 5.76 Å². The van der Waals surface area contributed by atoms with Crippen molar-refractivity contribution in [3.05, 3.63) is 11.8 Å². The second kappa shape index (κ2) is 5.01. The summed E-state index contributed by atoms with van der Waals surface area (Å²) in [5, 5.41) is 6.54. The minimum absolute atomic E-state index is 0.00265. The monoisotopic (exact) mass is 226 g/mol. The number of ether oxygens (including phenoxy) is 1. The molecule has 0 saturated heterocycles. The van der Waals surface area contributed by atoms with Crippen molar-refractivity contribution in [3.8, 4) is 5.88 Å². The van der Waals surface area contributed by atoms with Crippen LogP contribution in [0.25, 0.3) is 0 Å². The number of aromatic nitrogens is 1. The van der Waals surface area contributed by atoms with E-state index in [1.165, 1.54) is 7.11 Å². The van der Waals surface area contributed by atoms with Crippen LogP contribution in [0.3, 0.4) is 0 Å². The molecule has 0 aliphatic carbocycles. The number of carbonyl (C=O) groups excluding carboxylic acids is 1. The van der Waals surface area contributed by atoms with Crippen LogP contribution in [0.4, 0.5) is 0 Å². The van der Waals surface area contributed by atoms with E-state index >= 15 is 0 Å². The van der Waals surface area contributed by atoms with Crippen molar-refractivity contribution in [3.63, 3.8) is 0 Å². The molecule has 0 spiro atoms. The lowest BCUT2D eigenvalue weighted by Gasteiger charge is -2.20. The Morgan fingerprint density at radius 3 is 2.75 bits per heavy atom. The Hall–Kier alpha value is -1.52. The predicted molar refractivity (Wildman–Crippen MR) is 59.3 cm³/mol. The first-order chi connectivity index (χ1) is 7.40. The van der Waals surface area contributed by atoms with Crippen molar-refractivity contribution in [2.45, 2.75) is 39.2 Å². The van der Waals surface area contributed by atoms with Crippen molar-refractivity contribution in [2.75, 3.05) is 7.11 Å². The Balaban J connectivity index is 2.37. The van der Waals surface area contributed by atoms with E-state index in [0.717, 1.165) is 0 Å². The molecule has 0 aliphatic heterocycles. The maximum atomic E-state index is 11.5. The van der Waals surface area contributed by atoms with Crippen LogP contribution in [0.1, 0.15) is 33.0 Å². The number of hydrogen-bond donors (Lipinski definition) is 1. The number of carbonyl (C=O) groups is 1. The van der Waals surface area contributed by atoms with Gasteiger partial charge in [0.15, 0.2) is 0 Å². The Labute approximate surface area is 95.1 Å². The van der Waals surface area contributed by atoms with Gasteiger partial charge in [0.2, 0.25) is 5.91 Å². The van der Waals surface area contributed by atoms with Gasteiger partial charge in [-0.25, -0.2) is 0 Å². The summed E-state index contributed by atoms with van der Waals surface area (Å²) >= 11 is 0. The zero-order chi connectivity index (χ0) is 12.2. The van der Waals surface area contributed by atoms with E-state index < -0.39 is 0 Å². The summed E-state index contributed by atoms with van der Waals surface area (Å²) in [6, 6.07) is 1.68. The number of aryl methyl sites for hydroxylation is 1. The number of hydrogen-bond acceptors (Lipinski definition) is 4. The van der Waals surface area contributed by atoms with Crippen molar-refractivity contribution in [1.29, 1.82) is 0 Å². The van der Waals surface area contributed by atoms with Gasteiger partial charge < -0.3 is 14.6 Å². The van der Waals surface area contributed by atoms with Crippen molar-refractivity contribution >= 4 is 5.91 Å². The molecule has 0 radical (unpaired) electrons. The zero-order valence-corrected chi connectivity index (χ0v) is 10.2. The second-order valence-electron chi connectivity index (χ2n) is 4.63. The molecule has 0 aliphatic rings. The second-order valence-corrected chi connectivity index (χ2v) is 4.63. The smallest absolute Gasteiger partial charge is 0.254 e. The molecule has 1 aromatic heterocycles. The van der Waals surface area contributed by atoms with E-state index in [-0.39, 0.29) is 11.4 Å². The van der Waals surface area contributed by atoms with Gasteiger partial charge in [0.05, 0.1) is 7.11 Å². The third-order valence-electron chi connectivity index (χ3n) is 1.86. The lowest BCUT2D eigenvalue weighted by atomic mass is 10.1. The van der Waals surface area contributed by atoms with Gasteiger partial charge in [-0.1, -0.05) is 0 Å². The average molecular weight is 226 g/mol. The quantitative estimate of drug-likeness (QED) is 0.845. The third-order valence-corrected chi connectivity index (χ3v) is 1.86. The van der Waals surface area contributed by atoms with Gasteiger partial charge in [0, 0.05) is 24.4 Å². The largest absolute Gasteiger partial charge is 0.479 e. The van der Waals surface area contributed by atoms with Crippen LogP contribution in [-0.2, 0) is 11.2 Å². The molecule has 90 valence electrons. The Kier molecular flexibility index (Phi) is 3.93. The first kappa shape index (κ1) is 12.5. The van der Waals surface area contributed by atoms with Crippen LogP contribution >= 0.6 is 0 Å². The molecule has 1 rings (SSSR count). The first-order valence-corrected chi connectivity index (χ1v) is 5.21. The number of amides is 1.